The highest BCUT2D eigenvalue weighted by Gasteiger charge is 2.02. The summed E-state index contributed by atoms with van der Waals surface area (Å²) in [6, 6.07) is 8.26. The molecule has 0 heterocycles. The summed E-state index contributed by atoms with van der Waals surface area (Å²) < 4.78 is 5.11. The van der Waals surface area contributed by atoms with Crippen LogP contribution in [0.2, 0.25) is 0 Å². The van der Waals surface area contributed by atoms with E-state index in [1.165, 1.54) is 5.56 Å². The van der Waals surface area contributed by atoms with Gasteiger partial charge in [0, 0.05) is 6.04 Å². The van der Waals surface area contributed by atoms with Crippen molar-refractivity contribution < 1.29 is 4.74 Å². The topological polar surface area (TPSA) is 57.4 Å². The molecule has 0 aliphatic carbocycles. The summed E-state index contributed by atoms with van der Waals surface area (Å²) in [7, 11) is 1.66. The minimum atomic E-state index is 0.202. The van der Waals surface area contributed by atoms with Crippen LogP contribution in [0.25, 0.3) is 0 Å². The first-order valence-corrected chi connectivity index (χ1v) is 5.98. The van der Waals surface area contributed by atoms with Crippen LogP contribution in [0.15, 0.2) is 29.3 Å². The zero-order chi connectivity index (χ0) is 13.4. The van der Waals surface area contributed by atoms with Crippen molar-refractivity contribution in [1.29, 1.82) is 5.26 Å². The first kappa shape index (κ1) is 14.0. The first-order valence-electron chi connectivity index (χ1n) is 5.98. The maximum absolute atomic E-state index is 8.45. The number of nitrogens with zero attached hydrogens (tertiary/aromatic N) is 2. The van der Waals surface area contributed by atoms with Crippen molar-refractivity contribution >= 4 is 5.84 Å². The molecule has 1 aromatic rings. The fourth-order valence-electron chi connectivity index (χ4n) is 1.68. The van der Waals surface area contributed by atoms with Gasteiger partial charge < -0.3 is 4.74 Å². The number of amidine groups is 1. The van der Waals surface area contributed by atoms with Gasteiger partial charge in [-0.25, -0.2) is 0 Å². The van der Waals surface area contributed by atoms with Crippen molar-refractivity contribution in [1.82, 2.24) is 5.32 Å². The van der Waals surface area contributed by atoms with Crippen molar-refractivity contribution in [2.24, 2.45) is 4.99 Å². The number of methoxy groups -OCH3 is 1. The van der Waals surface area contributed by atoms with Gasteiger partial charge in [0.15, 0.2) is 6.19 Å². The highest BCUT2D eigenvalue weighted by atomic mass is 16.5. The predicted octanol–water partition coefficient (Wildman–Crippen LogP) is 2.51. The average Bonchev–Trinajstić information content (AvgIpc) is 2.37. The molecule has 0 bridgehead atoms. The Hall–Kier alpha value is -2.02. The minimum absolute atomic E-state index is 0.202. The van der Waals surface area contributed by atoms with E-state index in [-0.39, 0.29) is 6.04 Å². The van der Waals surface area contributed by atoms with Gasteiger partial charge >= 0.3 is 0 Å². The lowest BCUT2D eigenvalue weighted by atomic mass is 10.1. The molecule has 0 aliphatic rings. The van der Waals surface area contributed by atoms with E-state index in [2.05, 4.69) is 22.4 Å². The molecule has 4 heteroatoms. The van der Waals surface area contributed by atoms with E-state index >= 15 is 0 Å². The van der Waals surface area contributed by atoms with E-state index in [1.54, 1.807) is 14.0 Å². The Balaban J connectivity index is 2.44. The van der Waals surface area contributed by atoms with E-state index in [0.29, 0.717) is 5.84 Å². The number of ether oxygens (including phenoxy) is 1. The molecule has 0 spiro atoms. The molecule has 0 saturated carbocycles. The summed E-state index contributed by atoms with van der Waals surface area (Å²) in [5.41, 5.74) is 1.27. The van der Waals surface area contributed by atoms with Crippen LogP contribution in [-0.4, -0.2) is 19.0 Å². The van der Waals surface area contributed by atoms with Crippen molar-refractivity contribution in [3.05, 3.63) is 29.8 Å². The Morgan fingerprint density at radius 2 is 2.11 bits per heavy atom. The number of aliphatic imine (C=N–C) groups is 1. The number of nitriles is 1. The monoisotopic (exact) mass is 245 g/mol. The van der Waals surface area contributed by atoms with Gasteiger partial charge in [0.1, 0.15) is 11.6 Å². The molecule has 18 heavy (non-hydrogen) atoms. The van der Waals surface area contributed by atoms with E-state index in [0.717, 1.165) is 18.6 Å². The minimum Gasteiger partial charge on any atom is -0.497 e. The Labute approximate surface area is 108 Å². The second kappa shape index (κ2) is 7.33. The fourth-order valence-corrected chi connectivity index (χ4v) is 1.68. The van der Waals surface area contributed by atoms with Crippen LogP contribution in [0.4, 0.5) is 0 Å². The molecule has 96 valence electrons. The van der Waals surface area contributed by atoms with Crippen molar-refractivity contribution in [3.8, 4) is 11.9 Å². The van der Waals surface area contributed by atoms with Crippen LogP contribution >= 0.6 is 0 Å². The van der Waals surface area contributed by atoms with Crippen LogP contribution in [0.3, 0.4) is 0 Å². The summed E-state index contributed by atoms with van der Waals surface area (Å²) in [4.78, 5) is 4.37. The quantitative estimate of drug-likeness (QED) is 0.375. The molecule has 1 rings (SSSR count). The molecule has 1 N–H and O–H groups in total. The number of nitrogens with one attached hydrogen (secondary N) is 1. The molecular weight excluding hydrogens is 226 g/mol. The lowest BCUT2D eigenvalue weighted by Gasteiger charge is -2.08. The largest absolute Gasteiger partial charge is 0.497 e. The third-order valence-corrected chi connectivity index (χ3v) is 2.66. The number of hydrogen-bond donors (Lipinski definition) is 1. The highest BCUT2D eigenvalue weighted by Crippen LogP contribution is 2.13. The molecule has 4 nitrogen and oxygen atoms in total. The Morgan fingerprint density at radius 1 is 1.44 bits per heavy atom. The van der Waals surface area contributed by atoms with Crippen LogP contribution in [0.1, 0.15) is 25.8 Å². The number of benzene rings is 1. The summed E-state index contributed by atoms with van der Waals surface area (Å²) in [6.07, 6.45) is 3.79. The lowest BCUT2D eigenvalue weighted by Crippen LogP contribution is -2.16. The molecule has 0 radical (unpaired) electrons. The van der Waals surface area contributed by atoms with Crippen LogP contribution in [0.5, 0.6) is 5.75 Å². The maximum atomic E-state index is 8.45. The van der Waals surface area contributed by atoms with Crippen molar-refractivity contribution in [2.75, 3.05) is 7.11 Å². The number of rotatable bonds is 5. The lowest BCUT2D eigenvalue weighted by molar-refractivity contribution is 0.414. The number of aryl methyl sites for hydroxylation is 1. The highest BCUT2D eigenvalue weighted by molar-refractivity contribution is 5.80. The van der Waals surface area contributed by atoms with Crippen LogP contribution < -0.4 is 10.1 Å². The third-order valence-electron chi connectivity index (χ3n) is 2.66. The predicted molar refractivity (Wildman–Crippen MR) is 72.6 cm³/mol. The molecule has 1 aromatic carbocycles. The van der Waals surface area contributed by atoms with Gasteiger partial charge in [-0.2, -0.15) is 5.26 Å². The maximum Gasteiger partial charge on any atom is 0.182 e. The second-order valence-corrected chi connectivity index (χ2v) is 4.19. The molecule has 0 aromatic heterocycles. The van der Waals surface area contributed by atoms with Gasteiger partial charge in [-0.3, -0.25) is 10.3 Å². The normalized spacial score (nSPS) is 12.7. The van der Waals surface area contributed by atoms with Gasteiger partial charge in [0.25, 0.3) is 0 Å². The molecule has 0 fully saturated rings. The SMILES string of the molecule is COc1ccc(CC[C@H](C)N=C(C)NC#N)cc1. The molecular formula is C14H19N3O. The van der Waals surface area contributed by atoms with Crippen LogP contribution in [-0.2, 0) is 6.42 Å². The molecule has 0 unspecified atom stereocenters. The van der Waals surface area contributed by atoms with Crippen molar-refractivity contribution in [2.45, 2.75) is 32.7 Å². The van der Waals surface area contributed by atoms with Gasteiger partial charge in [-0.05, 0) is 44.4 Å². The Kier molecular flexibility index (Phi) is 5.72. The molecule has 0 amide bonds. The van der Waals surface area contributed by atoms with Crippen molar-refractivity contribution in [3.63, 3.8) is 0 Å². The summed E-state index contributed by atoms with van der Waals surface area (Å²) in [5.74, 6) is 1.54. The second-order valence-electron chi connectivity index (χ2n) is 4.19. The fraction of sp³-hybridized carbons (Fsp3) is 0.429. The smallest absolute Gasteiger partial charge is 0.182 e. The summed E-state index contributed by atoms with van der Waals surface area (Å²) >= 11 is 0. The van der Waals surface area contributed by atoms with Gasteiger partial charge in [-0.1, -0.05) is 12.1 Å². The van der Waals surface area contributed by atoms with E-state index in [9.17, 15) is 0 Å². The van der Waals surface area contributed by atoms with E-state index in [4.69, 9.17) is 10.00 Å². The summed E-state index contributed by atoms with van der Waals surface area (Å²) in [5, 5.41) is 11.0. The third kappa shape index (κ3) is 4.88. The summed E-state index contributed by atoms with van der Waals surface area (Å²) in [6.45, 7) is 3.85. The van der Waals surface area contributed by atoms with Gasteiger partial charge in [-0.15, -0.1) is 0 Å². The van der Waals surface area contributed by atoms with E-state index in [1.807, 2.05) is 25.2 Å². The average molecular weight is 245 g/mol. The standard InChI is InChI=1S/C14H19N3O/c1-11(17-12(2)16-10-15)4-5-13-6-8-14(18-3)9-7-13/h6-9,11H,4-5H2,1-3H3,(H,16,17)/t11-/m0/s1. The molecule has 0 saturated heterocycles. The van der Waals surface area contributed by atoms with Gasteiger partial charge in [0.05, 0.1) is 7.11 Å². The van der Waals surface area contributed by atoms with Crippen LogP contribution in [0, 0.1) is 11.5 Å². The number of hydrogen-bond acceptors (Lipinski definition) is 3. The Morgan fingerprint density at radius 3 is 2.67 bits per heavy atom. The first-order chi connectivity index (χ1) is 8.65. The van der Waals surface area contributed by atoms with Gasteiger partial charge in [0.2, 0.25) is 0 Å². The zero-order valence-electron chi connectivity index (χ0n) is 11.1. The molecule has 0 aliphatic heterocycles. The zero-order valence-corrected chi connectivity index (χ0v) is 11.1. The Bertz CT molecular complexity index is 431. The van der Waals surface area contributed by atoms with E-state index < -0.39 is 0 Å². The molecule has 1 atom stereocenters.